The Kier molecular flexibility index (Phi) is 2.04. The van der Waals surface area contributed by atoms with Crippen molar-refractivity contribution in [3.63, 3.8) is 0 Å². The normalized spacial score (nSPS) is 18.1. The minimum absolute atomic E-state index is 0.582. The molecule has 1 aromatic heterocycles. The Morgan fingerprint density at radius 2 is 1.72 bits per heavy atom. The third kappa shape index (κ3) is 1.39. The molecule has 0 N–H and O–H groups in total. The van der Waals surface area contributed by atoms with E-state index >= 15 is 0 Å². The second kappa shape index (κ2) is 3.70. The van der Waals surface area contributed by atoms with Gasteiger partial charge in [-0.05, 0) is 17.7 Å². The number of rotatable bonds is 1. The number of hydrogen-bond donors (Lipinski definition) is 0. The van der Waals surface area contributed by atoms with Crippen molar-refractivity contribution in [3.8, 4) is 0 Å². The van der Waals surface area contributed by atoms with E-state index in [9.17, 15) is 0 Å². The van der Waals surface area contributed by atoms with Gasteiger partial charge in [-0.15, -0.1) is 0 Å². The fourth-order valence-electron chi connectivity index (χ4n) is 2.94. The van der Waals surface area contributed by atoms with Crippen LogP contribution in [0, 0.1) is 0 Å². The lowest BCUT2D eigenvalue weighted by molar-refractivity contribution is 0.664. The van der Waals surface area contributed by atoms with E-state index in [1.54, 1.807) is 0 Å². The summed E-state index contributed by atoms with van der Waals surface area (Å²) < 4.78 is 2.37. The molecule has 0 aliphatic carbocycles. The Morgan fingerprint density at radius 1 is 0.944 bits per heavy atom. The predicted octanol–water partition coefficient (Wildman–Crippen LogP) is 3.38. The molecule has 1 unspecified atom stereocenters. The molecule has 18 heavy (non-hydrogen) atoms. The quantitative estimate of drug-likeness (QED) is 0.631. The maximum absolute atomic E-state index is 4.73. The standard InChI is InChI=1S/C16H14N2/c1-2-6-12(7-3-1)13-10-16-17-14-8-4-5-9-15(14)18(16)11-13/h1-9,13H,10-11H2. The number of benzene rings is 2. The number of fused-ring (bicyclic) bond motifs is 3. The van der Waals surface area contributed by atoms with Crippen molar-refractivity contribution in [2.75, 3.05) is 0 Å². The number of para-hydroxylation sites is 2. The lowest BCUT2D eigenvalue weighted by atomic mass is 9.98. The van der Waals surface area contributed by atoms with Gasteiger partial charge in [0.15, 0.2) is 0 Å². The highest BCUT2D eigenvalue weighted by Crippen LogP contribution is 2.32. The highest BCUT2D eigenvalue weighted by atomic mass is 15.1. The van der Waals surface area contributed by atoms with Crippen LogP contribution in [0.2, 0.25) is 0 Å². The summed E-state index contributed by atoms with van der Waals surface area (Å²) in [6.07, 6.45) is 1.05. The smallest absolute Gasteiger partial charge is 0.110 e. The molecule has 1 atom stereocenters. The predicted molar refractivity (Wildman–Crippen MR) is 72.6 cm³/mol. The third-order valence-electron chi connectivity index (χ3n) is 3.84. The molecule has 0 spiro atoms. The molecule has 2 heterocycles. The highest BCUT2D eigenvalue weighted by Gasteiger charge is 2.25. The van der Waals surface area contributed by atoms with E-state index < -0.39 is 0 Å². The molecule has 0 bridgehead atoms. The van der Waals surface area contributed by atoms with E-state index in [1.807, 2.05) is 0 Å². The van der Waals surface area contributed by atoms with Crippen molar-refractivity contribution >= 4 is 11.0 Å². The average molecular weight is 234 g/mol. The molecular formula is C16H14N2. The minimum Gasteiger partial charge on any atom is -0.327 e. The zero-order valence-electron chi connectivity index (χ0n) is 10.1. The van der Waals surface area contributed by atoms with Crippen molar-refractivity contribution in [2.24, 2.45) is 0 Å². The van der Waals surface area contributed by atoms with Gasteiger partial charge in [-0.1, -0.05) is 42.5 Å². The Bertz CT molecular complexity index is 697. The first-order valence-corrected chi connectivity index (χ1v) is 6.41. The zero-order valence-corrected chi connectivity index (χ0v) is 10.1. The fourth-order valence-corrected chi connectivity index (χ4v) is 2.94. The molecule has 0 amide bonds. The molecule has 2 nitrogen and oxygen atoms in total. The van der Waals surface area contributed by atoms with E-state index in [4.69, 9.17) is 4.98 Å². The molecule has 3 aromatic rings. The topological polar surface area (TPSA) is 17.8 Å². The van der Waals surface area contributed by atoms with Gasteiger partial charge in [0, 0.05) is 18.9 Å². The van der Waals surface area contributed by atoms with Crippen LogP contribution in [-0.4, -0.2) is 9.55 Å². The molecule has 2 aromatic carbocycles. The van der Waals surface area contributed by atoms with Crippen molar-refractivity contribution in [2.45, 2.75) is 18.9 Å². The van der Waals surface area contributed by atoms with Crippen molar-refractivity contribution in [1.29, 1.82) is 0 Å². The Hall–Kier alpha value is -2.09. The summed E-state index contributed by atoms with van der Waals surface area (Å²) >= 11 is 0. The lowest BCUT2D eigenvalue weighted by Crippen LogP contribution is -2.00. The van der Waals surface area contributed by atoms with Crippen LogP contribution < -0.4 is 0 Å². The number of nitrogens with zero attached hydrogens (tertiary/aromatic N) is 2. The van der Waals surface area contributed by atoms with Crippen molar-refractivity contribution < 1.29 is 0 Å². The molecule has 88 valence electrons. The maximum Gasteiger partial charge on any atom is 0.110 e. The Balaban J connectivity index is 1.76. The van der Waals surface area contributed by atoms with Gasteiger partial charge < -0.3 is 4.57 Å². The summed E-state index contributed by atoms with van der Waals surface area (Å²) in [6.45, 7) is 1.06. The minimum atomic E-state index is 0.582. The summed E-state index contributed by atoms with van der Waals surface area (Å²) in [4.78, 5) is 4.73. The maximum atomic E-state index is 4.73. The number of aromatic nitrogens is 2. The lowest BCUT2D eigenvalue weighted by Gasteiger charge is -2.09. The summed E-state index contributed by atoms with van der Waals surface area (Å²) in [5, 5.41) is 0. The Morgan fingerprint density at radius 3 is 2.61 bits per heavy atom. The van der Waals surface area contributed by atoms with Crippen LogP contribution in [0.3, 0.4) is 0 Å². The average Bonchev–Trinajstić information content (AvgIpc) is 2.97. The largest absolute Gasteiger partial charge is 0.327 e. The van der Waals surface area contributed by atoms with E-state index in [1.165, 1.54) is 16.9 Å². The van der Waals surface area contributed by atoms with Gasteiger partial charge in [0.25, 0.3) is 0 Å². The second-order valence-corrected chi connectivity index (χ2v) is 4.94. The molecule has 1 aliphatic heterocycles. The van der Waals surface area contributed by atoms with E-state index in [2.05, 4.69) is 59.2 Å². The molecule has 2 heteroatoms. The van der Waals surface area contributed by atoms with Gasteiger partial charge in [-0.3, -0.25) is 0 Å². The summed E-state index contributed by atoms with van der Waals surface area (Å²) in [5.41, 5.74) is 3.82. The molecular weight excluding hydrogens is 220 g/mol. The molecule has 0 saturated carbocycles. The van der Waals surface area contributed by atoms with Gasteiger partial charge >= 0.3 is 0 Å². The molecule has 0 saturated heterocycles. The van der Waals surface area contributed by atoms with Crippen molar-refractivity contribution in [3.05, 3.63) is 66.0 Å². The van der Waals surface area contributed by atoms with Crippen LogP contribution in [0.15, 0.2) is 54.6 Å². The molecule has 1 aliphatic rings. The number of hydrogen-bond acceptors (Lipinski definition) is 1. The SMILES string of the molecule is c1ccc(C2Cc3nc4ccccc4n3C2)cc1. The van der Waals surface area contributed by atoms with Gasteiger partial charge in [-0.2, -0.15) is 0 Å². The summed E-state index contributed by atoms with van der Waals surface area (Å²) in [6, 6.07) is 19.2. The first-order chi connectivity index (χ1) is 8.92. The van der Waals surface area contributed by atoms with Crippen LogP contribution in [-0.2, 0) is 13.0 Å². The molecule has 0 radical (unpaired) electrons. The van der Waals surface area contributed by atoms with Crippen LogP contribution >= 0.6 is 0 Å². The van der Waals surface area contributed by atoms with Crippen LogP contribution in [0.4, 0.5) is 0 Å². The van der Waals surface area contributed by atoms with E-state index in [0.717, 1.165) is 18.5 Å². The summed E-state index contributed by atoms with van der Waals surface area (Å²) in [5.74, 6) is 1.81. The van der Waals surface area contributed by atoms with E-state index in [-0.39, 0.29) is 0 Å². The van der Waals surface area contributed by atoms with Crippen LogP contribution in [0.5, 0.6) is 0 Å². The van der Waals surface area contributed by atoms with Gasteiger partial charge in [-0.25, -0.2) is 4.98 Å². The first kappa shape index (κ1) is 9.89. The number of imidazole rings is 1. The van der Waals surface area contributed by atoms with Crippen LogP contribution in [0.1, 0.15) is 17.3 Å². The Labute approximate surface area is 106 Å². The van der Waals surface area contributed by atoms with Gasteiger partial charge in [0.2, 0.25) is 0 Å². The zero-order chi connectivity index (χ0) is 11.9. The van der Waals surface area contributed by atoms with Gasteiger partial charge in [0.1, 0.15) is 5.82 Å². The second-order valence-electron chi connectivity index (χ2n) is 4.94. The monoisotopic (exact) mass is 234 g/mol. The fraction of sp³-hybridized carbons (Fsp3) is 0.188. The molecule has 0 fully saturated rings. The third-order valence-corrected chi connectivity index (χ3v) is 3.84. The first-order valence-electron chi connectivity index (χ1n) is 6.41. The molecule has 4 rings (SSSR count). The van der Waals surface area contributed by atoms with Crippen LogP contribution in [0.25, 0.3) is 11.0 Å². The highest BCUT2D eigenvalue weighted by molar-refractivity contribution is 5.76. The van der Waals surface area contributed by atoms with Gasteiger partial charge in [0.05, 0.1) is 11.0 Å². The van der Waals surface area contributed by atoms with E-state index in [0.29, 0.717) is 5.92 Å². The summed E-state index contributed by atoms with van der Waals surface area (Å²) in [7, 11) is 0. The van der Waals surface area contributed by atoms with Crippen molar-refractivity contribution in [1.82, 2.24) is 9.55 Å².